The van der Waals surface area contributed by atoms with E-state index >= 15 is 0 Å². The van der Waals surface area contributed by atoms with Gasteiger partial charge in [-0.25, -0.2) is 8.42 Å². The van der Waals surface area contributed by atoms with Crippen molar-refractivity contribution in [2.45, 2.75) is 36.7 Å². The van der Waals surface area contributed by atoms with Crippen LogP contribution in [-0.4, -0.2) is 24.5 Å². The highest BCUT2D eigenvalue weighted by Crippen LogP contribution is 2.33. The van der Waals surface area contributed by atoms with Crippen LogP contribution in [0.15, 0.2) is 58.0 Å². The molecule has 2 aromatic carbocycles. The van der Waals surface area contributed by atoms with Crippen LogP contribution in [0.4, 0.5) is 0 Å². The topological polar surface area (TPSA) is 96.7 Å². The van der Waals surface area contributed by atoms with E-state index in [1.165, 1.54) is 10.6 Å². The number of hydrogen-bond donors (Lipinski definition) is 1. The quantitative estimate of drug-likeness (QED) is 0.670. The van der Waals surface area contributed by atoms with Gasteiger partial charge in [0.25, 0.3) is 0 Å². The molecule has 0 spiro atoms. The zero-order valence-electron chi connectivity index (χ0n) is 15.4. The maximum Gasteiger partial charge on any atom is 0.243 e. The molecule has 148 valence electrons. The van der Waals surface area contributed by atoms with Crippen molar-refractivity contribution < 1.29 is 22.4 Å². The Morgan fingerprint density at radius 2 is 1.83 bits per heavy atom. The van der Waals surface area contributed by atoms with Crippen molar-refractivity contribution in [3.63, 3.8) is 0 Å². The molecule has 7 nitrogen and oxygen atoms in total. The summed E-state index contributed by atoms with van der Waals surface area (Å²) in [5, 5.41) is 3.11. The normalized spacial score (nSPS) is 20.1. The number of rotatable bonds is 3. The van der Waals surface area contributed by atoms with E-state index in [9.17, 15) is 18.0 Å². The zero-order chi connectivity index (χ0) is 20.2. The predicted molar refractivity (Wildman–Crippen MR) is 104 cm³/mol. The van der Waals surface area contributed by atoms with Gasteiger partial charge in [-0.05, 0) is 47.4 Å². The van der Waals surface area contributed by atoms with Crippen molar-refractivity contribution in [2.24, 2.45) is 0 Å². The van der Waals surface area contributed by atoms with E-state index in [-0.39, 0.29) is 35.7 Å². The van der Waals surface area contributed by atoms with Gasteiger partial charge in [-0.1, -0.05) is 18.2 Å². The van der Waals surface area contributed by atoms with E-state index in [1.54, 1.807) is 24.3 Å². The third-order valence-corrected chi connectivity index (χ3v) is 7.41. The van der Waals surface area contributed by atoms with Gasteiger partial charge >= 0.3 is 0 Å². The predicted octanol–water partition coefficient (Wildman–Crippen LogP) is 2.66. The molecule has 2 amide bonds. The number of fused-ring (bicyclic) bond motifs is 2. The van der Waals surface area contributed by atoms with Gasteiger partial charge in [0, 0.05) is 24.9 Å². The van der Waals surface area contributed by atoms with Crippen LogP contribution >= 0.6 is 0 Å². The lowest BCUT2D eigenvalue weighted by Gasteiger charge is -2.21. The standard InChI is InChI=1S/C21H18N2O5S/c24-20-6-4-18(21(25)22-20)13-1-2-15-11-23(12-16(15)9-13)29(26,27)17-3-5-19-14(10-17)7-8-28-19/h1-3,5,7-10,18H,4,6,11-12H2,(H,22,24,25). The number of nitrogens with zero attached hydrogens (tertiary/aromatic N) is 1. The van der Waals surface area contributed by atoms with Crippen molar-refractivity contribution in [3.05, 3.63) is 65.4 Å². The lowest BCUT2D eigenvalue weighted by atomic mass is 9.89. The lowest BCUT2D eigenvalue weighted by Crippen LogP contribution is -2.39. The van der Waals surface area contributed by atoms with Crippen LogP contribution in [0.3, 0.4) is 0 Å². The summed E-state index contributed by atoms with van der Waals surface area (Å²) in [4.78, 5) is 23.8. The molecule has 29 heavy (non-hydrogen) atoms. The second-order valence-corrected chi connectivity index (χ2v) is 9.36. The number of piperidine rings is 1. The number of furan rings is 1. The number of nitrogens with one attached hydrogen (secondary N) is 1. The minimum atomic E-state index is -3.66. The summed E-state index contributed by atoms with van der Waals surface area (Å²) in [7, 11) is -3.66. The Balaban J connectivity index is 1.42. The highest BCUT2D eigenvalue weighted by Gasteiger charge is 2.33. The van der Waals surface area contributed by atoms with E-state index in [2.05, 4.69) is 5.32 Å². The molecule has 1 N–H and O–H groups in total. The van der Waals surface area contributed by atoms with Crippen molar-refractivity contribution in [3.8, 4) is 0 Å². The number of carbonyl (C=O) groups excluding carboxylic acids is 2. The van der Waals surface area contributed by atoms with Crippen LogP contribution in [0, 0.1) is 0 Å². The molecule has 2 aliphatic heterocycles. The molecule has 1 saturated heterocycles. The fourth-order valence-electron chi connectivity index (χ4n) is 4.04. The molecule has 1 aromatic heterocycles. The maximum atomic E-state index is 13.1. The SMILES string of the molecule is O=C1CCC(c2ccc3c(c2)CN(S(=O)(=O)c2ccc4occc4c2)C3)C(=O)N1. The van der Waals surface area contributed by atoms with E-state index in [0.29, 0.717) is 18.4 Å². The fourth-order valence-corrected chi connectivity index (χ4v) is 5.47. The third kappa shape index (κ3) is 3.04. The molecule has 1 unspecified atom stereocenters. The van der Waals surface area contributed by atoms with E-state index in [1.807, 2.05) is 18.2 Å². The molecule has 5 rings (SSSR count). The molecule has 3 heterocycles. The van der Waals surface area contributed by atoms with E-state index < -0.39 is 10.0 Å². The average molecular weight is 410 g/mol. The number of sulfonamides is 1. The Bertz CT molecular complexity index is 1260. The molecular formula is C21H18N2O5S. The van der Waals surface area contributed by atoms with Gasteiger partial charge < -0.3 is 4.42 Å². The maximum absolute atomic E-state index is 13.1. The van der Waals surface area contributed by atoms with Crippen molar-refractivity contribution in [2.75, 3.05) is 0 Å². The summed E-state index contributed by atoms with van der Waals surface area (Å²) in [5.41, 5.74) is 3.27. The van der Waals surface area contributed by atoms with Crippen LogP contribution < -0.4 is 5.32 Å². The largest absolute Gasteiger partial charge is 0.464 e. The monoisotopic (exact) mass is 410 g/mol. The second kappa shape index (κ2) is 6.53. The third-order valence-electron chi connectivity index (χ3n) is 5.63. The number of carbonyl (C=O) groups is 2. The summed E-state index contributed by atoms with van der Waals surface area (Å²) in [6.45, 7) is 0.541. The zero-order valence-corrected chi connectivity index (χ0v) is 16.2. The average Bonchev–Trinajstić information content (AvgIpc) is 3.33. The first kappa shape index (κ1) is 18.1. The Morgan fingerprint density at radius 1 is 1.00 bits per heavy atom. The summed E-state index contributed by atoms with van der Waals surface area (Å²) < 4.78 is 33.0. The number of imide groups is 1. The Hall–Kier alpha value is -2.97. The minimum absolute atomic E-state index is 0.226. The number of benzene rings is 2. The second-order valence-electron chi connectivity index (χ2n) is 7.43. The molecule has 0 radical (unpaired) electrons. The first-order valence-electron chi connectivity index (χ1n) is 9.34. The van der Waals surface area contributed by atoms with Crippen molar-refractivity contribution in [1.29, 1.82) is 0 Å². The lowest BCUT2D eigenvalue weighted by molar-refractivity contribution is -0.134. The highest BCUT2D eigenvalue weighted by atomic mass is 32.2. The number of hydrogen-bond acceptors (Lipinski definition) is 5. The Kier molecular flexibility index (Phi) is 4.07. The van der Waals surface area contributed by atoms with Crippen molar-refractivity contribution in [1.82, 2.24) is 9.62 Å². The molecule has 0 saturated carbocycles. The molecule has 1 atom stereocenters. The van der Waals surface area contributed by atoms with Crippen LogP contribution in [0.1, 0.15) is 35.4 Å². The van der Waals surface area contributed by atoms with Crippen LogP contribution in [0.25, 0.3) is 11.0 Å². The first-order chi connectivity index (χ1) is 13.9. The van der Waals surface area contributed by atoms with Gasteiger partial charge in [-0.2, -0.15) is 4.31 Å². The molecule has 1 fully saturated rings. The van der Waals surface area contributed by atoms with Crippen LogP contribution in [-0.2, 0) is 32.7 Å². The van der Waals surface area contributed by atoms with Gasteiger partial charge in [0.1, 0.15) is 5.58 Å². The highest BCUT2D eigenvalue weighted by molar-refractivity contribution is 7.89. The molecule has 0 bridgehead atoms. The van der Waals surface area contributed by atoms with Crippen LogP contribution in [0.2, 0.25) is 0 Å². The molecule has 2 aliphatic rings. The van der Waals surface area contributed by atoms with Crippen LogP contribution in [0.5, 0.6) is 0 Å². The Labute approximate surface area is 167 Å². The van der Waals surface area contributed by atoms with Gasteiger partial charge in [0.2, 0.25) is 21.8 Å². The summed E-state index contributed by atoms with van der Waals surface area (Å²) in [6, 6.07) is 12.2. The molecular weight excluding hydrogens is 392 g/mol. The van der Waals surface area contributed by atoms with Crippen molar-refractivity contribution >= 4 is 32.8 Å². The van der Waals surface area contributed by atoms with E-state index in [4.69, 9.17) is 4.42 Å². The smallest absolute Gasteiger partial charge is 0.243 e. The summed E-state index contributed by atoms with van der Waals surface area (Å²) in [5.74, 6) is -0.927. The molecule has 0 aliphatic carbocycles. The van der Waals surface area contributed by atoms with Gasteiger partial charge in [0.15, 0.2) is 0 Å². The van der Waals surface area contributed by atoms with Gasteiger partial charge in [-0.15, -0.1) is 0 Å². The summed E-state index contributed by atoms with van der Waals surface area (Å²) >= 11 is 0. The molecule has 8 heteroatoms. The first-order valence-corrected chi connectivity index (χ1v) is 10.8. The van der Waals surface area contributed by atoms with Gasteiger partial charge in [-0.3, -0.25) is 14.9 Å². The Morgan fingerprint density at radius 3 is 2.66 bits per heavy atom. The van der Waals surface area contributed by atoms with Gasteiger partial charge in [0.05, 0.1) is 17.1 Å². The summed E-state index contributed by atoms with van der Waals surface area (Å²) in [6.07, 6.45) is 2.31. The fraction of sp³-hybridized carbons (Fsp3) is 0.238. The molecule has 3 aromatic rings. The minimum Gasteiger partial charge on any atom is -0.464 e. The number of amides is 2. The van der Waals surface area contributed by atoms with E-state index in [0.717, 1.165) is 22.1 Å².